The number of aromatic nitrogens is 1. The molecule has 1 aromatic heterocycles. The number of ether oxygens (including phenoxy) is 4. The van der Waals surface area contributed by atoms with Crippen molar-refractivity contribution in [1.29, 1.82) is 0 Å². The Bertz CT molecular complexity index is 496. The van der Waals surface area contributed by atoms with Crippen molar-refractivity contribution in [3.63, 3.8) is 0 Å². The van der Waals surface area contributed by atoms with E-state index in [4.69, 9.17) is 18.9 Å². The maximum absolute atomic E-state index is 5.69. The monoisotopic (exact) mass is 276 g/mol. The molecule has 5 heteroatoms. The van der Waals surface area contributed by atoms with E-state index in [1.54, 1.807) is 20.4 Å². The minimum Gasteiger partial charge on any atom is -0.487 e. The Morgan fingerprint density at radius 1 is 0.900 bits per heavy atom. The van der Waals surface area contributed by atoms with Gasteiger partial charge in [0, 0.05) is 25.8 Å². The van der Waals surface area contributed by atoms with Gasteiger partial charge in [0.1, 0.15) is 13.2 Å². The van der Waals surface area contributed by atoms with Crippen LogP contribution in [-0.4, -0.2) is 45.6 Å². The highest BCUT2D eigenvalue weighted by atomic mass is 16.5. The fourth-order valence-corrected chi connectivity index (χ4v) is 1.74. The van der Waals surface area contributed by atoms with Gasteiger partial charge in [-0.1, -0.05) is 0 Å². The summed E-state index contributed by atoms with van der Waals surface area (Å²) in [4.78, 5) is 3.99. The molecule has 1 heterocycles. The standard InChI is InChI=1S/C15H18NO4/c1-17-5-7-19-14-9-12-3-4-16-11-13(12)10-15(14)20-8-6-18-2/h3,9-11H,5-8H2,1-2H3. The smallest absolute Gasteiger partial charge is 0.161 e. The first-order chi connectivity index (χ1) is 9.85. The van der Waals surface area contributed by atoms with Gasteiger partial charge in [-0.3, -0.25) is 4.98 Å². The number of rotatable bonds is 8. The van der Waals surface area contributed by atoms with Crippen molar-refractivity contribution in [2.75, 3.05) is 40.6 Å². The van der Waals surface area contributed by atoms with E-state index < -0.39 is 0 Å². The zero-order valence-electron chi connectivity index (χ0n) is 11.7. The maximum Gasteiger partial charge on any atom is 0.161 e. The molecule has 0 spiro atoms. The fourth-order valence-electron chi connectivity index (χ4n) is 1.74. The third-order valence-corrected chi connectivity index (χ3v) is 2.74. The number of hydrogen-bond donors (Lipinski definition) is 0. The van der Waals surface area contributed by atoms with Gasteiger partial charge >= 0.3 is 0 Å². The first-order valence-corrected chi connectivity index (χ1v) is 6.38. The molecule has 0 fully saturated rings. The van der Waals surface area contributed by atoms with Crippen molar-refractivity contribution in [3.8, 4) is 11.5 Å². The molecule has 0 amide bonds. The van der Waals surface area contributed by atoms with Crippen LogP contribution in [0.15, 0.2) is 24.4 Å². The molecule has 0 bridgehead atoms. The minimum atomic E-state index is 0.467. The summed E-state index contributed by atoms with van der Waals surface area (Å²) in [5.41, 5.74) is 0. The molecule has 0 unspecified atom stereocenters. The Morgan fingerprint density at radius 3 is 2.10 bits per heavy atom. The molecule has 1 radical (unpaired) electrons. The highest BCUT2D eigenvalue weighted by Gasteiger charge is 2.08. The second-order valence-electron chi connectivity index (χ2n) is 4.14. The molecular formula is C15H18NO4. The highest BCUT2D eigenvalue weighted by molar-refractivity contribution is 5.85. The number of pyridine rings is 1. The molecule has 0 saturated carbocycles. The van der Waals surface area contributed by atoms with Crippen LogP contribution in [-0.2, 0) is 9.47 Å². The third-order valence-electron chi connectivity index (χ3n) is 2.74. The maximum atomic E-state index is 5.69. The normalized spacial score (nSPS) is 10.7. The van der Waals surface area contributed by atoms with Crippen LogP contribution in [0.2, 0.25) is 0 Å². The van der Waals surface area contributed by atoms with Crippen molar-refractivity contribution >= 4 is 10.8 Å². The molecule has 0 atom stereocenters. The molecule has 2 aromatic rings. The van der Waals surface area contributed by atoms with Gasteiger partial charge < -0.3 is 18.9 Å². The molecule has 0 aliphatic carbocycles. The number of hydrogen-bond acceptors (Lipinski definition) is 5. The van der Waals surface area contributed by atoms with E-state index in [0.717, 1.165) is 10.8 Å². The van der Waals surface area contributed by atoms with E-state index in [0.29, 0.717) is 37.9 Å². The minimum absolute atomic E-state index is 0.467. The van der Waals surface area contributed by atoms with Crippen molar-refractivity contribution in [2.45, 2.75) is 0 Å². The summed E-state index contributed by atoms with van der Waals surface area (Å²) in [6.07, 6.45) is 4.56. The van der Waals surface area contributed by atoms with E-state index in [1.165, 1.54) is 0 Å². The molecule has 1 aromatic carbocycles. The lowest BCUT2D eigenvalue weighted by Crippen LogP contribution is -2.08. The highest BCUT2D eigenvalue weighted by Crippen LogP contribution is 2.32. The molecule has 5 nitrogen and oxygen atoms in total. The third kappa shape index (κ3) is 3.82. The summed E-state index contributed by atoms with van der Waals surface area (Å²) in [6.45, 7) is 1.99. The average molecular weight is 276 g/mol. The number of benzene rings is 1. The zero-order chi connectivity index (χ0) is 14.2. The molecule has 20 heavy (non-hydrogen) atoms. The lowest BCUT2D eigenvalue weighted by Gasteiger charge is -2.13. The molecule has 2 rings (SSSR count). The van der Waals surface area contributed by atoms with Crippen LogP contribution in [0, 0.1) is 6.20 Å². The summed E-state index contributed by atoms with van der Waals surface area (Å²) in [6, 6.07) is 5.65. The second kappa shape index (κ2) is 7.67. The van der Waals surface area contributed by atoms with Gasteiger partial charge in [-0.2, -0.15) is 0 Å². The van der Waals surface area contributed by atoms with Gasteiger partial charge in [0.15, 0.2) is 11.5 Å². The quantitative estimate of drug-likeness (QED) is 0.691. The van der Waals surface area contributed by atoms with E-state index in [9.17, 15) is 0 Å². The lowest BCUT2D eigenvalue weighted by atomic mass is 10.1. The number of fused-ring (bicyclic) bond motifs is 1. The Morgan fingerprint density at radius 2 is 1.50 bits per heavy atom. The molecule has 0 saturated heterocycles. The van der Waals surface area contributed by atoms with Crippen LogP contribution in [0.4, 0.5) is 0 Å². The Labute approximate surface area is 118 Å². The SMILES string of the molecule is COCCOc1cc2c[c]ncc2cc1OCCOC. The largest absolute Gasteiger partial charge is 0.487 e. The Hall–Kier alpha value is -1.85. The molecule has 0 aliphatic rings. The van der Waals surface area contributed by atoms with E-state index in [-0.39, 0.29) is 0 Å². The van der Waals surface area contributed by atoms with Crippen LogP contribution < -0.4 is 9.47 Å². The molecular weight excluding hydrogens is 258 g/mol. The van der Waals surface area contributed by atoms with Gasteiger partial charge in [-0.05, 0) is 23.6 Å². The fraction of sp³-hybridized carbons (Fsp3) is 0.400. The number of nitrogens with zero attached hydrogens (tertiary/aromatic N) is 1. The Balaban J connectivity index is 2.21. The second-order valence-corrected chi connectivity index (χ2v) is 4.14. The summed E-state index contributed by atoms with van der Waals surface area (Å²) < 4.78 is 21.4. The van der Waals surface area contributed by atoms with Crippen molar-refractivity contribution < 1.29 is 18.9 Å². The van der Waals surface area contributed by atoms with Crippen molar-refractivity contribution in [3.05, 3.63) is 30.6 Å². The predicted octanol–water partition coefficient (Wildman–Crippen LogP) is 2.09. The zero-order valence-corrected chi connectivity index (χ0v) is 11.7. The molecule has 0 aliphatic heterocycles. The van der Waals surface area contributed by atoms with Crippen LogP contribution in [0.1, 0.15) is 0 Å². The van der Waals surface area contributed by atoms with Gasteiger partial charge in [0.05, 0.1) is 19.4 Å². The summed E-state index contributed by atoms with van der Waals surface area (Å²) in [5, 5.41) is 1.99. The van der Waals surface area contributed by atoms with Crippen molar-refractivity contribution in [1.82, 2.24) is 4.98 Å². The van der Waals surface area contributed by atoms with Crippen molar-refractivity contribution in [2.24, 2.45) is 0 Å². The summed E-state index contributed by atoms with van der Waals surface area (Å²) in [5.74, 6) is 1.36. The van der Waals surface area contributed by atoms with Crippen LogP contribution in [0.5, 0.6) is 11.5 Å². The first kappa shape index (κ1) is 14.6. The van der Waals surface area contributed by atoms with Gasteiger partial charge in [0.25, 0.3) is 0 Å². The van der Waals surface area contributed by atoms with Gasteiger partial charge in [-0.15, -0.1) is 0 Å². The molecule has 107 valence electrons. The summed E-state index contributed by atoms with van der Waals surface area (Å²) >= 11 is 0. The van der Waals surface area contributed by atoms with Crippen LogP contribution >= 0.6 is 0 Å². The van der Waals surface area contributed by atoms with Crippen LogP contribution in [0.3, 0.4) is 0 Å². The first-order valence-electron chi connectivity index (χ1n) is 6.38. The topological polar surface area (TPSA) is 49.8 Å². The number of methoxy groups -OCH3 is 2. The van der Waals surface area contributed by atoms with E-state index in [1.807, 2.05) is 18.2 Å². The Kier molecular flexibility index (Phi) is 5.58. The van der Waals surface area contributed by atoms with Gasteiger partial charge in [0.2, 0.25) is 0 Å². The predicted molar refractivity (Wildman–Crippen MR) is 75.3 cm³/mol. The van der Waals surface area contributed by atoms with E-state index >= 15 is 0 Å². The average Bonchev–Trinajstić information content (AvgIpc) is 2.48. The van der Waals surface area contributed by atoms with E-state index in [2.05, 4.69) is 11.2 Å². The molecule has 0 N–H and O–H groups in total. The summed E-state index contributed by atoms with van der Waals surface area (Å²) in [7, 11) is 3.28. The lowest BCUT2D eigenvalue weighted by molar-refractivity contribution is 0.132. The van der Waals surface area contributed by atoms with Crippen LogP contribution in [0.25, 0.3) is 10.8 Å². The van der Waals surface area contributed by atoms with Gasteiger partial charge in [-0.25, -0.2) is 0 Å².